The third-order valence-electron chi connectivity index (χ3n) is 4.46. The van der Waals surface area contributed by atoms with Gasteiger partial charge in [-0.2, -0.15) is 4.98 Å². The number of hydrogen-bond acceptors (Lipinski definition) is 6. The van der Waals surface area contributed by atoms with E-state index >= 15 is 0 Å². The first-order valence-corrected chi connectivity index (χ1v) is 8.69. The van der Waals surface area contributed by atoms with Gasteiger partial charge in [0.15, 0.2) is 17.3 Å². The number of rotatable bonds is 5. The lowest BCUT2D eigenvalue weighted by Crippen LogP contribution is -2.37. The first-order valence-electron chi connectivity index (χ1n) is 8.69. The van der Waals surface area contributed by atoms with E-state index in [4.69, 9.17) is 14.0 Å². The van der Waals surface area contributed by atoms with Gasteiger partial charge in [-0.1, -0.05) is 35.5 Å². The van der Waals surface area contributed by atoms with E-state index in [-0.39, 0.29) is 18.4 Å². The topological polar surface area (TPSA) is 86.5 Å². The third-order valence-corrected chi connectivity index (χ3v) is 4.46. The summed E-state index contributed by atoms with van der Waals surface area (Å²) >= 11 is 0. The Bertz CT molecular complexity index is 939. The molecule has 0 saturated heterocycles. The van der Waals surface area contributed by atoms with Crippen LogP contribution in [0.3, 0.4) is 0 Å². The van der Waals surface area contributed by atoms with Crippen LogP contribution in [0.1, 0.15) is 11.4 Å². The molecule has 1 amide bonds. The Morgan fingerprint density at radius 2 is 2.07 bits per heavy atom. The second-order valence-corrected chi connectivity index (χ2v) is 6.26. The number of ether oxygens (including phenoxy) is 2. The molecule has 3 aromatic rings. The standard InChI is InChI=1S/C20H19N3O4/c1-25-16-9-5-8-14-10-15(12-26-18(14)16)19(24)21-11-17-22-20(27-23-17)13-6-3-2-4-7-13/h2-9,15H,10-12H2,1H3,(H,21,24). The van der Waals surface area contributed by atoms with Gasteiger partial charge >= 0.3 is 0 Å². The lowest BCUT2D eigenvalue weighted by atomic mass is 9.95. The molecule has 1 atom stereocenters. The molecule has 0 fully saturated rings. The number of methoxy groups -OCH3 is 1. The van der Waals surface area contributed by atoms with Crippen molar-refractivity contribution in [1.82, 2.24) is 15.5 Å². The molecule has 2 heterocycles. The molecular weight excluding hydrogens is 346 g/mol. The van der Waals surface area contributed by atoms with Crippen LogP contribution >= 0.6 is 0 Å². The van der Waals surface area contributed by atoms with Gasteiger partial charge < -0.3 is 19.3 Å². The van der Waals surface area contributed by atoms with Crippen molar-refractivity contribution in [2.45, 2.75) is 13.0 Å². The number of carbonyl (C=O) groups excluding carboxylic acids is 1. The van der Waals surface area contributed by atoms with Crippen molar-refractivity contribution in [3.8, 4) is 23.0 Å². The minimum absolute atomic E-state index is 0.102. The second-order valence-electron chi connectivity index (χ2n) is 6.26. The highest BCUT2D eigenvalue weighted by Gasteiger charge is 2.28. The Morgan fingerprint density at radius 1 is 1.22 bits per heavy atom. The van der Waals surface area contributed by atoms with Crippen LogP contribution in [0.5, 0.6) is 11.5 Å². The summed E-state index contributed by atoms with van der Waals surface area (Å²) in [7, 11) is 1.60. The lowest BCUT2D eigenvalue weighted by molar-refractivity contribution is -0.126. The van der Waals surface area contributed by atoms with E-state index in [0.29, 0.717) is 30.5 Å². The van der Waals surface area contributed by atoms with E-state index in [1.165, 1.54) is 0 Å². The molecule has 1 unspecified atom stereocenters. The third kappa shape index (κ3) is 3.62. The maximum Gasteiger partial charge on any atom is 0.257 e. The molecule has 27 heavy (non-hydrogen) atoms. The summed E-state index contributed by atoms with van der Waals surface area (Å²) < 4.78 is 16.3. The van der Waals surface area contributed by atoms with Gasteiger partial charge in [-0.15, -0.1) is 0 Å². The quantitative estimate of drug-likeness (QED) is 0.748. The number of nitrogens with one attached hydrogen (secondary N) is 1. The van der Waals surface area contributed by atoms with Crippen LogP contribution < -0.4 is 14.8 Å². The number of fused-ring (bicyclic) bond motifs is 1. The fraction of sp³-hybridized carbons (Fsp3) is 0.250. The fourth-order valence-electron chi connectivity index (χ4n) is 3.06. The second kappa shape index (κ2) is 7.49. The Morgan fingerprint density at radius 3 is 2.89 bits per heavy atom. The Kier molecular flexibility index (Phi) is 4.74. The predicted octanol–water partition coefficient (Wildman–Crippen LogP) is 2.61. The number of hydrogen-bond donors (Lipinski definition) is 1. The normalized spacial score (nSPS) is 15.5. The zero-order valence-corrected chi connectivity index (χ0v) is 14.8. The Hall–Kier alpha value is -3.35. The van der Waals surface area contributed by atoms with Gasteiger partial charge in [0.1, 0.15) is 6.61 Å². The largest absolute Gasteiger partial charge is 0.493 e. The number of carbonyl (C=O) groups is 1. The van der Waals surface area contributed by atoms with Crippen LogP contribution in [-0.2, 0) is 17.8 Å². The van der Waals surface area contributed by atoms with Crippen molar-refractivity contribution in [1.29, 1.82) is 0 Å². The number of aromatic nitrogens is 2. The van der Waals surface area contributed by atoms with Gasteiger partial charge in [0.25, 0.3) is 5.89 Å². The van der Waals surface area contributed by atoms with E-state index in [1.807, 2.05) is 48.5 Å². The van der Waals surface area contributed by atoms with Crippen molar-refractivity contribution in [2.24, 2.45) is 5.92 Å². The molecule has 4 rings (SSSR count). The molecule has 7 nitrogen and oxygen atoms in total. The summed E-state index contributed by atoms with van der Waals surface area (Å²) in [5.41, 5.74) is 1.81. The molecule has 0 saturated carbocycles. The van der Waals surface area contributed by atoms with Gasteiger partial charge in [0.2, 0.25) is 5.91 Å². The number of benzene rings is 2. The highest BCUT2D eigenvalue weighted by molar-refractivity contribution is 5.79. The van der Waals surface area contributed by atoms with Crippen molar-refractivity contribution in [3.05, 3.63) is 59.9 Å². The Balaban J connectivity index is 1.37. The van der Waals surface area contributed by atoms with Crippen LogP contribution in [0, 0.1) is 5.92 Å². The zero-order chi connectivity index (χ0) is 18.6. The van der Waals surface area contributed by atoms with E-state index in [0.717, 1.165) is 16.9 Å². The van der Waals surface area contributed by atoms with Crippen molar-refractivity contribution >= 4 is 5.91 Å². The monoisotopic (exact) mass is 365 g/mol. The molecular formula is C20H19N3O4. The van der Waals surface area contributed by atoms with Crippen molar-refractivity contribution in [3.63, 3.8) is 0 Å². The van der Waals surface area contributed by atoms with Gasteiger partial charge in [-0.05, 0) is 30.2 Å². The summed E-state index contributed by atoms with van der Waals surface area (Å²) in [5, 5.41) is 6.78. The molecule has 2 aromatic carbocycles. The molecule has 1 aromatic heterocycles. The van der Waals surface area contributed by atoms with Crippen LogP contribution in [0.15, 0.2) is 53.1 Å². The first-order chi connectivity index (χ1) is 13.2. The summed E-state index contributed by atoms with van der Waals surface area (Å²) in [5.74, 6) is 1.89. The van der Waals surface area contributed by atoms with Crippen molar-refractivity contribution < 1.29 is 18.8 Å². The number of nitrogens with zero attached hydrogens (tertiary/aromatic N) is 2. The Labute approximate surface area is 156 Å². The van der Waals surface area contributed by atoms with Gasteiger partial charge in [-0.25, -0.2) is 0 Å². The highest BCUT2D eigenvalue weighted by Crippen LogP contribution is 2.36. The van der Waals surface area contributed by atoms with Crippen LogP contribution in [0.25, 0.3) is 11.5 Å². The molecule has 1 N–H and O–H groups in total. The predicted molar refractivity (Wildman–Crippen MR) is 97.3 cm³/mol. The average Bonchev–Trinajstić information content (AvgIpc) is 3.21. The summed E-state index contributed by atoms with van der Waals surface area (Å²) in [6.07, 6.45) is 0.597. The highest BCUT2D eigenvalue weighted by atomic mass is 16.5. The van der Waals surface area contributed by atoms with E-state index in [9.17, 15) is 4.79 Å². The number of amides is 1. The zero-order valence-electron chi connectivity index (χ0n) is 14.8. The van der Waals surface area contributed by atoms with Crippen LogP contribution in [-0.4, -0.2) is 29.8 Å². The molecule has 7 heteroatoms. The molecule has 0 bridgehead atoms. The molecule has 1 aliphatic rings. The smallest absolute Gasteiger partial charge is 0.257 e. The minimum atomic E-state index is -0.273. The van der Waals surface area contributed by atoms with Crippen molar-refractivity contribution in [2.75, 3.05) is 13.7 Å². The van der Waals surface area contributed by atoms with Crippen LogP contribution in [0.4, 0.5) is 0 Å². The maximum absolute atomic E-state index is 12.5. The molecule has 0 radical (unpaired) electrons. The maximum atomic E-state index is 12.5. The fourth-order valence-corrected chi connectivity index (χ4v) is 3.06. The first kappa shape index (κ1) is 17.1. The van der Waals surface area contributed by atoms with E-state index in [1.54, 1.807) is 7.11 Å². The van der Waals surface area contributed by atoms with Gasteiger partial charge in [0.05, 0.1) is 19.6 Å². The van der Waals surface area contributed by atoms with Crippen LogP contribution in [0.2, 0.25) is 0 Å². The minimum Gasteiger partial charge on any atom is -0.493 e. The molecule has 0 aliphatic carbocycles. The van der Waals surface area contributed by atoms with E-state index < -0.39 is 0 Å². The summed E-state index contributed by atoms with van der Waals surface area (Å²) in [4.78, 5) is 16.8. The lowest BCUT2D eigenvalue weighted by Gasteiger charge is -2.25. The average molecular weight is 365 g/mol. The van der Waals surface area contributed by atoms with E-state index in [2.05, 4.69) is 15.5 Å². The molecule has 1 aliphatic heterocycles. The molecule has 0 spiro atoms. The SMILES string of the molecule is COc1cccc2c1OCC(C(=O)NCc1noc(-c3ccccc3)n1)C2. The number of para-hydroxylation sites is 1. The molecule has 138 valence electrons. The van der Waals surface area contributed by atoms with Gasteiger partial charge in [0, 0.05) is 5.56 Å². The van der Waals surface area contributed by atoms with Gasteiger partial charge in [-0.3, -0.25) is 4.79 Å². The summed E-state index contributed by atoms with van der Waals surface area (Å²) in [6.45, 7) is 0.511. The summed E-state index contributed by atoms with van der Waals surface area (Å²) in [6, 6.07) is 15.2.